The molecule has 25 heavy (non-hydrogen) atoms. The van der Waals surface area contributed by atoms with Crippen molar-refractivity contribution in [3.8, 4) is 0 Å². The molecule has 1 unspecified atom stereocenters. The summed E-state index contributed by atoms with van der Waals surface area (Å²) in [6.07, 6.45) is 0.134. The number of hydrogen-bond acceptors (Lipinski definition) is 4. The molecule has 2 saturated heterocycles. The molecular formula is C20H29ClO4. The Bertz CT molecular complexity index is 591. The average Bonchev–Trinajstić information content (AvgIpc) is 3.00. The van der Waals surface area contributed by atoms with Crippen LogP contribution in [0.15, 0.2) is 24.3 Å². The molecule has 0 N–H and O–H groups in total. The molecule has 1 aromatic rings. The van der Waals surface area contributed by atoms with Crippen molar-refractivity contribution >= 4 is 11.6 Å². The minimum atomic E-state index is -0.635. The van der Waals surface area contributed by atoms with Crippen LogP contribution in [0.5, 0.6) is 0 Å². The zero-order valence-corrected chi connectivity index (χ0v) is 16.5. The van der Waals surface area contributed by atoms with E-state index in [1.54, 1.807) is 0 Å². The maximum atomic E-state index is 6.27. The van der Waals surface area contributed by atoms with Gasteiger partial charge in [0, 0.05) is 10.9 Å². The lowest BCUT2D eigenvalue weighted by atomic mass is 10.00. The standard InChI is InChI=1S/C20H29ClO4/c1-12(2)10-16-17(22-11-14-8-6-7-9-15(14)21)18-19(23-16)25-20(5,24-18)13(3)4/h6-9,12-13,16-19H,10-11H2,1-5H3/t16-,17+,18-,19-,20?/m1/s1. The van der Waals surface area contributed by atoms with E-state index in [0.29, 0.717) is 17.5 Å². The second kappa shape index (κ2) is 7.53. The SMILES string of the molecule is CC(C)C[C@H]1O[C@@H]2OC(C)(C(C)C)O[C@@H]2[C@H]1OCc1ccccc1Cl. The molecule has 5 heteroatoms. The van der Waals surface area contributed by atoms with E-state index in [2.05, 4.69) is 27.7 Å². The summed E-state index contributed by atoms with van der Waals surface area (Å²) in [6.45, 7) is 11.0. The van der Waals surface area contributed by atoms with E-state index in [1.807, 2.05) is 31.2 Å². The second-order valence-corrected chi connectivity index (χ2v) is 8.32. The van der Waals surface area contributed by atoms with Crippen molar-refractivity contribution in [3.63, 3.8) is 0 Å². The smallest absolute Gasteiger partial charge is 0.190 e. The van der Waals surface area contributed by atoms with Gasteiger partial charge in [-0.3, -0.25) is 0 Å². The molecule has 0 aromatic heterocycles. The van der Waals surface area contributed by atoms with Crippen molar-refractivity contribution < 1.29 is 18.9 Å². The molecule has 140 valence electrons. The summed E-state index contributed by atoms with van der Waals surface area (Å²) in [6, 6.07) is 7.75. The van der Waals surface area contributed by atoms with Gasteiger partial charge in [-0.25, -0.2) is 0 Å². The molecule has 4 nitrogen and oxygen atoms in total. The third-order valence-corrected chi connectivity index (χ3v) is 5.50. The molecule has 0 spiro atoms. The molecule has 3 rings (SSSR count). The van der Waals surface area contributed by atoms with E-state index < -0.39 is 5.79 Å². The van der Waals surface area contributed by atoms with Gasteiger partial charge in [0.25, 0.3) is 0 Å². The number of benzene rings is 1. The van der Waals surface area contributed by atoms with E-state index in [9.17, 15) is 0 Å². The Hall–Kier alpha value is -0.650. The fourth-order valence-electron chi connectivity index (χ4n) is 3.37. The third-order valence-electron chi connectivity index (χ3n) is 5.13. The molecule has 2 heterocycles. The Labute approximate surface area is 155 Å². The largest absolute Gasteiger partial charge is 0.368 e. The van der Waals surface area contributed by atoms with Crippen LogP contribution in [0.25, 0.3) is 0 Å². The molecule has 0 aliphatic carbocycles. The van der Waals surface area contributed by atoms with Crippen LogP contribution in [0.4, 0.5) is 0 Å². The lowest BCUT2D eigenvalue weighted by Gasteiger charge is -2.31. The number of halogens is 1. The highest BCUT2D eigenvalue weighted by molar-refractivity contribution is 6.31. The zero-order chi connectivity index (χ0) is 18.2. The summed E-state index contributed by atoms with van der Waals surface area (Å²) in [7, 11) is 0. The molecular weight excluding hydrogens is 340 g/mol. The van der Waals surface area contributed by atoms with Crippen LogP contribution in [0.3, 0.4) is 0 Å². The summed E-state index contributed by atoms with van der Waals surface area (Å²) < 4.78 is 24.8. The molecule has 1 aromatic carbocycles. The van der Waals surface area contributed by atoms with Gasteiger partial charge in [-0.1, -0.05) is 57.5 Å². The molecule has 0 bridgehead atoms. The Morgan fingerprint density at radius 3 is 2.52 bits per heavy atom. The van der Waals surface area contributed by atoms with Crippen LogP contribution < -0.4 is 0 Å². The number of ether oxygens (including phenoxy) is 4. The van der Waals surface area contributed by atoms with Gasteiger partial charge in [0.05, 0.1) is 12.7 Å². The first-order valence-electron chi connectivity index (χ1n) is 9.16. The summed E-state index contributed by atoms with van der Waals surface area (Å²) in [5.74, 6) is 0.102. The quantitative estimate of drug-likeness (QED) is 0.723. The highest BCUT2D eigenvalue weighted by Gasteiger charge is 2.57. The summed E-state index contributed by atoms with van der Waals surface area (Å²) in [5, 5.41) is 0.717. The molecule has 2 fully saturated rings. The van der Waals surface area contributed by atoms with Crippen LogP contribution in [-0.4, -0.2) is 30.4 Å². The highest BCUT2D eigenvalue weighted by atomic mass is 35.5. The van der Waals surface area contributed by atoms with E-state index in [4.69, 9.17) is 30.5 Å². The topological polar surface area (TPSA) is 36.9 Å². The molecule has 2 aliphatic rings. The van der Waals surface area contributed by atoms with Gasteiger partial charge >= 0.3 is 0 Å². The Kier molecular flexibility index (Phi) is 5.76. The summed E-state index contributed by atoms with van der Waals surface area (Å²) >= 11 is 6.26. The van der Waals surface area contributed by atoms with E-state index in [0.717, 1.165) is 12.0 Å². The first kappa shape index (κ1) is 19.1. The maximum absolute atomic E-state index is 6.27. The molecule has 0 saturated carbocycles. The maximum Gasteiger partial charge on any atom is 0.190 e. The van der Waals surface area contributed by atoms with Crippen molar-refractivity contribution in [2.45, 2.75) is 78.0 Å². The fraction of sp³-hybridized carbons (Fsp3) is 0.700. The van der Waals surface area contributed by atoms with Crippen LogP contribution >= 0.6 is 11.6 Å². The molecule has 5 atom stereocenters. The molecule has 0 amide bonds. The van der Waals surface area contributed by atoms with Gasteiger partial charge in [-0.15, -0.1) is 0 Å². The van der Waals surface area contributed by atoms with Gasteiger partial charge in [-0.05, 0) is 30.9 Å². The van der Waals surface area contributed by atoms with Crippen molar-refractivity contribution in [2.24, 2.45) is 11.8 Å². The minimum absolute atomic E-state index is 0.0331. The predicted molar refractivity (Wildman–Crippen MR) is 97.3 cm³/mol. The predicted octanol–water partition coefficient (Wildman–Crippen LogP) is 4.78. The van der Waals surface area contributed by atoms with E-state index in [-0.39, 0.29) is 30.5 Å². The van der Waals surface area contributed by atoms with Gasteiger partial charge in [0.2, 0.25) is 0 Å². The molecule has 2 aliphatic heterocycles. The van der Waals surface area contributed by atoms with Crippen LogP contribution in [-0.2, 0) is 25.6 Å². The zero-order valence-electron chi connectivity index (χ0n) is 15.7. The van der Waals surface area contributed by atoms with Gasteiger partial charge in [0.15, 0.2) is 12.1 Å². The van der Waals surface area contributed by atoms with Crippen LogP contribution in [0.1, 0.15) is 46.6 Å². The minimum Gasteiger partial charge on any atom is -0.368 e. The first-order chi connectivity index (χ1) is 11.8. The number of rotatable bonds is 6. The monoisotopic (exact) mass is 368 g/mol. The van der Waals surface area contributed by atoms with Crippen molar-refractivity contribution in [1.82, 2.24) is 0 Å². The highest BCUT2D eigenvalue weighted by Crippen LogP contribution is 2.43. The van der Waals surface area contributed by atoms with Gasteiger partial charge in [0.1, 0.15) is 12.2 Å². The Balaban J connectivity index is 1.73. The second-order valence-electron chi connectivity index (χ2n) is 7.91. The Morgan fingerprint density at radius 1 is 1.16 bits per heavy atom. The summed E-state index contributed by atoms with van der Waals surface area (Å²) in [4.78, 5) is 0. The van der Waals surface area contributed by atoms with E-state index in [1.165, 1.54) is 0 Å². The lowest BCUT2D eigenvalue weighted by Crippen LogP contribution is -2.40. The van der Waals surface area contributed by atoms with Gasteiger partial charge in [-0.2, -0.15) is 0 Å². The Morgan fingerprint density at radius 2 is 1.88 bits per heavy atom. The normalized spacial score (nSPS) is 34.9. The summed E-state index contributed by atoms with van der Waals surface area (Å²) in [5.41, 5.74) is 0.974. The van der Waals surface area contributed by atoms with E-state index >= 15 is 0 Å². The van der Waals surface area contributed by atoms with Crippen LogP contribution in [0, 0.1) is 11.8 Å². The first-order valence-corrected chi connectivity index (χ1v) is 9.54. The van der Waals surface area contributed by atoms with Crippen molar-refractivity contribution in [2.75, 3.05) is 0 Å². The lowest BCUT2D eigenvalue weighted by molar-refractivity contribution is -0.248. The number of hydrogen-bond donors (Lipinski definition) is 0. The third kappa shape index (κ3) is 4.04. The average molecular weight is 369 g/mol. The van der Waals surface area contributed by atoms with Crippen molar-refractivity contribution in [1.29, 1.82) is 0 Å². The fourth-order valence-corrected chi connectivity index (χ4v) is 3.56. The molecule has 0 radical (unpaired) electrons. The van der Waals surface area contributed by atoms with Crippen molar-refractivity contribution in [3.05, 3.63) is 34.9 Å². The van der Waals surface area contributed by atoms with Crippen LogP contribution in [0.2, 0.25) is 5.02 Å². The van der Waals surface area contributed by atoms with Gasteiger partial charge < -0.3 is 18.9 Å². The number of fused-ring (bicyclic) bond motifs is 1.